The van der Waals surface area contributed by atoms with E-state index < -0.39 is 36.5 Å². The van der Waals surface area contributed by atoms with Crippen LogP contribution in [0.4, 0.5) is 30.7 Å². The Labute approximate surface area is 97.4 Å². The molecule has 1 unspecified atom stereocenters. The zero-order valence-electron chi connectivity index (χ0n) is 9.03. The van der Waals surface area contributed by atoms with E-state index in [1.165, 1.54) is 0 Å². The predicted octanol–water partition coefficient (Wildman–Crippen LogP) is 3.33. The van der Waals surface area contributed by atoms with Crippen LogP contribution in [-0.4, -0.2) is 30.1 Å². The Bertz CT molecular complexity index is 321. The van der Waals surface area contributed by atoms with Gasteiger partial charge >= 0.3 is 24.0 Å². The third kappa shape index (κ3) is 2.94. The molecule has 0 aliphatic heterocycles. The Morgan fingerprint density at radius 2 is 1.67 bits per heavy atom. The fraction of sp³-hybridized carbons (Fsp3) is 0.667. The summed E-state index contributed by atoms with van der Waals surface area (Å²) < 4.78 is 90.7. The normalized spacial score (nSPS) is 15.1. The molecule has 0 amide bonds. The van der Waals surface area contributed by atoms with Gasteiger partial charge in [0.05, 0.1) is 0 Å². The molecule has 0 aliphatic carbocycles. The molecular formula is C9H9F7O2. The maximum absolute atomic E-state index is 13.1. The summed E-state index contributed by atoms with van der Waals surface area (Å²) in [4.78, 5) is 10.6. The first-order valence-electron chi connectivity index (χ1n) is 4.57. The lowest BCUT2D eigenvalue weighted by molar-refractivity contribution is -0.371. The largest absolute Gasteiger partial charge is 0.460 e. The van der Waals surface area contributed by atoms with Gasteiger partial charge in [0.1, 0.15) is 0 Å². The highest BCUT2D eigenvalue weighted by molar-refractivity contribution is 5.81. The third-order valence-electron chi connectivity index (χ3n) is 1.97. The van der Waals surface area contributed by atoms with Crippen LogP contribution in [0, 0.1) is 0 Å². The molecule has 1 atom stereocenters. The van der Waals surface area contributed by atoms with E-state index in [-0.39, 0.29) is 0 Å². The van der Waals surface area contributed by atoms with Crippen molar-refractivity contribution >= 4 is 5.97 Å². The molecule has 0 N–H and O–H groups in total. The Morgan fingerprint density at radius 3 is 1.94 bits per heavy atom. The highest BCUT2D eigenvalue weighted by Gasteiger charge is 2.76. The Morgan fingerprint density at radius 1 is 1.22 bits per heavy atom. The van der Waals surface area contributed by atoms with Crippen LogP contribution in [0.1, 0.15) is 13.3 Å². The predicted molar refractivity (Wildman–Crippen MR) is 46.3 cm³/mol. The van der Waals surface area contributed by atoms with Crippen molar-refractivity contribution in [3.8, 4) is 0 Å². The molecule has 0 heterocycles. The molecule has 0 aromatic rings. The van der Waals surface area contributed by atoms with Gasteiger partial charge in [-0.2, -0.15) is 30.7 Å². The van der Waals surface area contributed by atoms with Gasteiger partial charge in [-0.1, -0.05) is 13.5 Å². The molecule has 0 aliphatic rings. The highest BCUT2D eigenvalue weighted by atomic mass is 19.4. The van der Waals surface area contributed by atoms with Crippen LogP contribution in [0.2, 0.25) is 0 Å². The minimum absolute atomic E-state index is 0.379. The maximum Gasteiger partial charge on any atom is 0.460 e. The van der Waals surface area contributed by atoms with Crippen LogP contribution in [0.25, 0.3) is 0 Å². The first-order valence-corrected chi connectivity index (χ1v) is 4.57. The number of carbonyl (C=O) groups excluding carboxylic acids is 1. The smallest absolute Gasteiger partial charge is 0.453 e. The van der Waals surface area contributed by atoms with E-state index in [4.69, 9.17) is 0 Å². The second kappa shape index (κ2) is 5.15. The number of halogens is 7. The van der Waals surface area contributed by atoms with Crippen LogP contribution in [0.5, 0.6) is 0 Å². The number of hydrogen-bond donors (Lipinski definition) is 0. The maximum atomic E-state index is 13.1. The molecule has 0 rings (SSSR count). The second-order valence-electron chi connectivity index (χ2n) is 3.23. The summed E-state index contributed by atoms with van der Waals surface area (Å²) in [6.07, 6.45) is -9.90. The van der Waals surface area contributed by atoms with Gasteiger partial charge < -0.3 is 4.74 Å². The number of hydrogen-bond acceptors (Lipinski definition) is 2. The second-order valence-corrected chi connectivity index (χ2v) is 3.23. The van der Waals surface area contributed by atoms with Crippen LogP contribution < -0.4 is 0 Å². The average molecular weight is 282 g/mol. The molecule has 9 heteroatoms. The summed E-state index contributed by atoms with van der Waals surface area (Å²) in [6, 6.07) is 0. The molecule has 18 heavy (non-hydrogen) atoms. The topological polar surface area (TPSA) is 26.3 Å². The van der Waals surface area contributed by atoms with Gasteiger partial charge in [-0.05, 0) is 6.42 Å². The first-order chi connectivity index (χ1) is 7.91. The van der Waals surface area contributed by atoms with Crippen molar-refractivity contribution in [2.75, 3.05) is 0 Å². The van der Waals surface area contributed by atoms with Crippen molar-refractivity contribution in [2.24, 2.45) is 0 Å². The molecule has 0 radical (unpaired) electrons. The lowest BCUT2D eigenvalue weighted by atomic mass is 10.0. The summed E-state index contributed by atoms with van der Waals surface area (Å²) >= 11 is 0. The number of esters is 1. The van der Waals surface area contributed by atoms with Gasteiger partial charge in [-0.15, -0.1) is 0 Å². The van der Waals surface area contributed by atoms with Crippen LogP contribution in [0.3, 0.4) is 0 Å². The SMILES string of the molecule is C=CC(=O)OC(CC)C(F)(F)C(F)(F)C(F)(F)F. The molecule has 0 spiro atoms. The van der Waals surface area contributed by atoms with Crippen molar-refractivity contribution in [2.45, 2.75) is 37.5 Å². The monoisotopic (exact) mass is 282 g/mol. The minimum atomic E-state index is -6.45. The minimum Gasteiger partial charge on any atom is -0.453 e. The summed E-state index contributed by atoms with van der Waals surface area (Å²) in [6.45, 7) is 3.69. The molecule has 0 fully saturated rings. The molecule has 106 valence electrons. The summed E-state index contributed by atoms with van der Waals surface area (Å²) in [5.74, 6) is -13.4. The van der Waals surface area contributed by atoms with E-state index >= 15 is 0 Å². The van der Waals surface area contributed by atoms with E-state index in [1.807, 2.05) is 0 Å². The van der Waals surface area contributed by atoms with Crippen molar-refractivity contribution in [1.82, 2.24) is 0 Å². The van der Waals surface area contributed by atoms with Crippen molar-refractivity contribution in [1.29, 1.82) is 0 Å². The Hall–Kier alpha value is -1.28. The molecule has 0 aromatic heterocycles. The lowest BCUT2D eigenvalue weighted by Gasteiger charge is -2.32. The van der Waals surface area contributed by atoms with Crippen LogP contribution in [-0.2, 0) is 9.53 Å². The fourth-order valence-electron chi connectivity index (χ4n) is 0.993. The molecule has 0 bridgehead atoms. The molecule has 0 saturated carbocycles. The van der Waals surface area contributed by atoms with Gasteiger partial charge in [0.15, 0.2) is 6.10 Å². The average Bonchev–Trinajstić information content (AvgIpc) is 2.23. The van der Waals surface area contributed by atoms with Crippen LogP contribution in [0.15, 0.2) is 12.7 Å². The molecule has 0 saturated heterocycles. The number of carbonyl (C=O) groups is 1. The van der Waals surface area contributed by atoms with Crippen molar-refractivity contribution in [3.05, 3.63) is 12.7 Å². The molecule has 2 nitrogen and oxygen atoms in total. The number of alkyl halides is 7. The highest BCUT2D eigenvalue weighted by Crippen LogP contribution is 2.49. The zero-order valence-corrected chi connectivity index (χ0v) is 9.03. The van der Waals surface area contributed by atoms with Gasteiger partial charge in [-0.3, -0.25) is 0 Å². The van der Waals surface area contributed by atoms with E-state index in [0.717, 1.165) is 6.92 Å². The first kappa shape index (κ1) is 16.7. The van der Waals surface area contributed by atoms with E-state index in [0.29, 0.717) is 6.08 Å². The lowest BCUT2D eigenvalue weighted by Crippen LogP contribution is -2.58. The van der Waals surface area contributed by atoms with Gasteiger partial charge in [0, 0.05) is 6.08 Å². The van der Waals surface area contributed by atoms with E-state index in [9.17, 15) is 35.5 Å². The van der Waals surface area contributed by atoms with Crippen molar-refractivity contribution < 1.29 is 40.3 Å². The summed E-state index contributed by atoms with van der Waals surface area (Å²) in [5, 5.41) is 0. The van der Waals surface area contributed by atoms with Gasteiger partial charge in [0.25, 0.3) is 0 Å². The molecular weight excluding hydrogens is 273 g/mol. The van der Waals surface area contributed by atoms with Crippen LogP contribution >= 0.6 is 0 Å². The third-order valence-corrected chi connectivity index (χ3v) is 1.97. The van der Waals surface area contributed by atoms with Gasteiger partial charge in [-0.25, -0.2) is 4.79 Å². The summed E-state index contributed by atoms with van der Waals surface area (Å²) in [5.41, 5.74) is 0. The van der Waals surface area contributed by atoms with E-state index in [1.54, 1.807) is 0 Å². The summed E-state index contributed by atoms with van der Waals surface area (Å²) in [7, 11) is 0. The fourth-order valence-corrected chi connectivity index (χ4v) is 0.993. The zero-order chi connectivity index (χ0) is 14.8. The quantitative estimate of drug-likeness (QED) is 0.439. The Kier molecular flexibility index (Phi) is 4.78. The Balaban J connectivity index is 5.31. The van der Waals surface area contributed by atoms with Crippen molar-refractivity contribution in [3.63, 3.8) is 0 Å². The number of rotatable bonds is 5. The molecule has 0 aromatic carbocycles. The number of ether oxygens (including phenoxy) is 1. The standard InChI is InChI=1S/C9H9F7O2/c1-3-5(18-6(17)4-2)7(10,11)8(12,13)9(14,15)16/h4-5H,2-3H2,1H3. The van der Waals surface area contributed by atoms with E-state index in [2.05, 4.69) is 11.3 Å². The van der Waals surface area contributed by atoms with Gasteiger partial charge in [0.2, 0.25) is 0 Å².